The maximum absolute atomic E-state index is 11.5. The first-order valence-corrected chi connectivity index (χ1v) is 7.80. The van der Waals surface area contributed by atoms with Gasteiger partial charge in [-0.15, -0.1) is 0 Å². The van der Waals surface area contributed by atoms with Crippen LogP contribution in [0, 0.1) is 0 Å². The molecule has 21 heavy (non-hydrogen) atoms. The van der Waals surface area contributed by atoms with E-state index in [9.17, 15) is 9.90 Å². The van der Waals surface area contributed by atoms with Crippen molar-refractivity contribution in [2.75, 3.05) is 4.90 Å². The van der Waals surface area contributed by atoms with Crippen molar-refractivity contribution < 1.29 is 9.90 Å². The van der Waals surface area contributed by atoms with Gasteiger partial charge in [-0.2, -0.15) is 0 Å². The number of carboxylic acid groups (broad SMARTS) is 1. The van der Waals surface area contributed by atoms with Gasteiger partial charge in [0.2, 0.25) is 0 Å². The van der Waals surface area contributed by atoms with E-state index in [4.69, 9.17) is 11.6 Å². The van der Waals surface area contributed by atoms with Crippen LogP contribution in [0.1, 0.15) is 0 Å². The molecule has 3 rings (SSSR count). The topological polar surface area (TPSA) is 52.9 Å². The lowest BCUT2D eigenvalue weighted by atomic mass is 10.1. The van der Waals surface area contributed by atoms with Crippen LogP contribution in [0.25, 0.3) is 0 Å². The number of alkyl halides is 1. The number of rotatable bonds is 2. The summed E-state index contributed by atoms with van der Waals surface area (Å²) in [5.41, 5.74) is 2.26. The Labute approximate surface area is 140 Å². The molecule has 1 heterocycles. The van der Waals surface area contributed by atoms with Crippen molar-refractivity contribution in [3.63, 3.8) is 0 Å². The molecule has 0 saturated carbocycles. The lowest BCUT2D eigenvalue weighted by Gasteiger charge is -2.34. The quantitative estimate of drug-likeness (QED) is 0.452. The van der Waals surface area contributed by atoms with E-state index in [2.05, 4.69) is 27.6 Å². The average Bonchev–Trinajstić information content (AvgIpc) is 2.47. The number of carboxylic acids is 1. The second-order valence-corrected chi connectivity index (χ2v) is 6.04. The summed E-state index contributed by atoms with van der Waals surface area (Å²) in [4.78, 5) is 17.6. The van der Waals surface area contributed by atoms with Crippen molar-refractivity contribution in [3.8, 4) is 0 Å². The Morgan fingerprint density at radius 3 is 2.57 bits per heavy atom. The number of hydrogen-bond acceptors (Lipinski definition) is 3. The highest BCUT2D eigenvalue weighted by molar-refractivity contribution is 14.1. The van der Waals surface area contributed by atoms with Gasteiger partial charge >= 0.3 is 5.97 Å². The Morgan fingerprint density at radius 2 is 1.90 bits per heavy atom. The first kappa shape index (κ1) is 14.3. The van der Waals surface area contributed by atoms with E-state index in [1.54, 1.807) is 6.07 Å². The van der Waals surface area contributed by atoms with E-state index in [1.165, 1.54) is 0 Å². The zero-order valence-corrected chi connectivity index (χ0v) is 13.6. The highest BCUT2D eigenvalue weighted by atomic mass is 127. The van der Waals surface area contributed by atoms with E-state index in [0.717, 1.165) is 11.4 Å². The number of hydrogen-bond donors (Lipinski definition) is 1. The first-order chi connectivity index (χ1) is 10.1. The van der Waals surface area contributed by atoms with Crippen LogP contribution in [0.2, 0.25) is 5.02 Å². The molecule has 6 heteroatoms. The molecule has 0 radical (unpaired) electrons. The van der Waals surface area contributed by atoms with Crippen LogP contribution >= 0.6 is 34.2 Å². The third-order valence-electron chi connectivity index (χ3n) is 3.16. The fourth-order valence-corrected chi connectivity index (χ4v) is 3.47. The molecule has 2 aromatic rings. The molecule has 0 bridgehead atoms. The minimum absolute atomic E-state index is 0.0695. The van der Waals surface area contributed by atoms with Gasteiger partial charge in [0, 0.05) is 5.69 Å². The minimum Gasteiger partial charge on any atom is -0.477 e. The Hall–Kier alpha value is -1.60. The van der Waals surface area contributed by atoms with E-state index >= 15 is 0 Å². The van der Waals surface area contributed by atoms with E-state index in [-0.39, 0.29) is 5.71 Å². The molecule has 0 amide bonds. The van der Waals surface area contributed by atoms with Crippen molar-refractivity contribution >= 4 is 62.9 Å². The molecule has 1 N–H and O–H groups in total. The highest BCUT2D eigenvalue weighted by Gasteiger charge is 2.33. The number of aliphatic imine (C=N–C) groups is 1. The second-order valence-electron chi connectivity index (χ2n) is 4.45. The lowest BCUT2D eigenvalue weighted by molar-refractivity contribution is -0.129. The van der Waals surface area contributed by atoms with Crippen LogP contribution in [-0.4, -0.2) is 20.8 Å². The third kappa shape index (κ3) is 2.51. The van der Waals surface area contributed by atoms with Crippen LogP contribution in [0.4, 0.5) is 17.1 Å². The van der Waals surface area contributed by atoms with Crippen molar-refractivity contribution in [1.29, 1.82) is 0 Å². The Balaban J connectivity index is 2.24. The third-order valence-corrected chi connectivity index (χ3v) is 4.62. The number of halogens is 2. The molecular weight excluding hydrogens is 403 g/mol. The summed E-state index contributed by atoms with van der Waals surface area (Å²) in [5, 5.41) is 9.82. The highest BCUT2D eigenvalue weighted by Crippen LogP contribution is 2.44. The van der Waals surface area contributed by atoms with Crippen LogP contribution < -0.4 is 4.90 Å². The zero-order valence-electron chi connectivity index (χ0n) is 10.7. The molecular formula is C15H10ClIN2O2. The number of aliphatic carboxylic acids is 1. The molecule has 4 nitrogen and oxygen atoms in total. The fourth-order valence-electron chi connectivity index (χ4n) is 2.24. The number of nitrogens with zero attached hydrogens (tertiary/aromatic N) is 2. The number of para-hydroxylation sites is 2. The summed E-state index contributed by atoms with van der Waals surface area (Å²) in [5.74, 6) is -1.04. The molecule has 2 aromatic carbocycles. The SMILES string of the molecule is O=C(O)C1=Nc2c(Cl)cccc2N(c2ccccc2)C1I. The Morgan fingerprint density at radius 1 is 1.19 bits per heavy atom. The monoisotopic (exact) mass is 412 g/mol. The average molecular weight is 413 g/mol. The van der Waals surface area contributed by atoms with Gasteiger partial charge in [-0.05, 0) is 24.3 Å². The number of anilines is 2. The molecule has 1 unspecified atom stereocenters. The smallest absolute Gasteiger partial charge is 0.353 e. The molecule has 0 fully saturated rings. The predicted molar refractivity (Wildman–Crippen MR) is 92.6 cm³/mol. The molecule has 106 valence electrons. The number of benzene rings is 2. The van der Waals surface area contributed by atoms with Crippen LogP contribution in [-0.2, 0) is 4.79 Å². The summed E-state index contributed by atoms with van der Waals surface area (Å²) in [6, 6.07) is 15.0. The molecule has 0 aliphatic carbocycles. The molecule has 0 aromatic heterocycles. The molecule has 1 atom stereocenters. The van der Waals surface area contributed by atoms with Crippen molar-refractivity contribution in [1.82, 2.24) is 0 Å². The molecule has 1 aliphatic rings. The van der Waals surface area contributed by atoms with E-state index in [1.807, 2.05) is 47.4 Å². The van der Waals surface area contributed by atoms with Gasteiger partial charge < -0.3 is 10.0 Å². The molecule has 0 saturated heterocycles. The lowest BCUT2D eigenvalue weighted by Crippen LogP contribution is -2.39. The van der Waals surface area contributed by atoms with Gasteiger partial charge in [-0.3, -0.25) is 0 Å². The van der Waals surface area contributed by atoms with Crippen LogP contribution in [0.15, 0.2) is 53.5 Å². The Bertz CT molecular complexity index is 734. The maximum atomic E-state index is 11.5. The predicted octanol–water partition coefficient (Wildman–Crippen LogP) is 4.41. The van der Waals surface area contributed by atoms with Gasteiger partial charge in [0.05, 0.1) is 10.7 Å². The Kier molecular flexibility index (Phi) is 3.86. The van der Waals surface area contributed by atoms with Crippen molar-refractivity contribution in [3.05, 3.63) is 53.6 Å². The van der Waals surface area contributed by atoms with Gasteiger partial charge in [0.25, 0.3) is 0 Å². The summed E-state index contributed by atoms with van der Waals surface area (Å²) < 4.78 is -0.409. The summed E-state index contributed by atoms with van der Waals surface area (Å²) in [7, 11) is 0. The van der Waals surface area contributed by atoms with Crippen LogP contribution in [0.3, 0.4) is 0 Å². The standard InChI is InChI=1S/C15H10ClIN2O2/c16-10-7-4-8-11-12(10)18-13(15(20)21)14(17)19(11)9-5-2-1-3-6-9/h1-8,14H,(H,20,21). The van der Waals surface area contributed by atoms with E-state index < -0.39 is 10.0 Å². The summed E-state index contributed by atoms with van der Waals surface area (Å²) >= 11 is 8.26. The molecule has 0 spiro atoms. The van der Waals surface area contributed by atoms with E-state index in [0.29, 0.717) is 10.7 Å². The van der Waals surface area contributed by atoms with Crippen molar-refractivity contribution in [2.45, 2.75) is 4.05 Å². The molecule has 1 aliphatic heterocycles. The minimum atomic E-state index is -1.04. The van der Waals surface area contributed by atoms with Gasteiger partial charge in [-0.1, -0.05) is 58.5 Å². The second kappa shape index (κ2) is 5.65. The summed E-state index contributed by atoms with van der Waals surface area (Å²) in [6.07, 6.45) is 0. The zero-order chi connectivity index (χ0) is 15.0. The van der Waals surface area contributed by atoms with Gasteiger partial charge in [-0.25, -0.2) is 9.79 Å². The fraction of sp³-hybridized carbons (Fsp3) is 0.0667. The summed E-state index contributed by atoms with van der Waals surface area (Å²) in [6.45, 7) is 0. The van der Waals surface area contributed by atoms with Gasteiger partial charge in [0.1, 0.15) is 9.74 Å². The van der Waals surface area contributed by atoms with Crippen LogP contribution in [0.5, 0.6) is 0 Å². The first-order valence-electron chi connectivity index (χ1n) is 6.18. The van der Waals surface area contributed by atoms with Crippen molar-refractivity contribution in [2.24, 2.45) is 4.99 Å². The number of fused-ring (bicyclic) bond motifs is 1. The number of carbonyl (C=O) groups is 1. The normalized spacial score (nSPS) is 17.1. The maximum Gasteiger partial charge on any atom is 0.353 e. The van der Waals surface area contributed by atoms with Gasteiger partial charge in [0.15, 0.2) is 5.71 Å². The largest absolute Gasteiger partial charge is 0.477 e.